The van der Waals surface area contributed by atoms with E-state index in [9.17, 15) is 4.79 Å². The van der Waals surface area contributed by atoms with E-state index in [1.54, 1.807) is 7.11 Å². The zero-order valence-corrected chi connectivity index (χ0v) is 19.4. The van der Waals surface area contributed by atoms with Gasteiger partial charge in [0.25, 0.3) is 0 Å². The van der Waals surface area contributed by atoms with E-state index in [0.29, 0.717) is 29.8 Å². The minimum Gasteiger partial charge on any atom is -0.497 e. The second kappa shape index (κ2) is 11.7. The molecule has 174 valence electrons. The van der Waals surface area contributed by atoms with Gasteiger partial charge in [0.15, 0.2) is 11.0 Å². The quantitative estimate of drug-likeness (QED) is 0.432. The Morgan fingerprint density at radius 2 is 2.03 bits per heavy atom. The Labute approximate surface area is 197 Å². The van der Waals surface area contributed by atoms with E-state index in [1.807, 2.05) is 47.0 Å². The van der Waals surface area contributed by atoms with Gasteiger partial charge in [-0.1, -0.05) is 48.2 Å². The maximum atomic E-state index is 12.3. The number of aromatic nitrogens is 3. The van der Waals surface area contributed by atoms with Crippen LogP contribution >= 0.6 is 11.8 Å². The van der Waals surface area contributed by atoms with Gasteiger partial charge in [0, 0.05) is 19.2 Å². The Morgan fingerprint density at radius 1 is 1.18 bits per heavy atom. The van der Waals surface area contributed by atoms with E-state index in [4.69, 9.17) is 14.2 Å². The lowest BCUT2D eigenvalue weighted by Crippen LogP contribution is -2.33. The molecule has 1 aromatic heterocycles. The first kappa shape index (κ1) is 23.1. The third-order valence-electron chi connectivity index (χ3n) is 5.27. The molecular weight excluding hydrogens is 440 g/mol. The molecule has 0 bridgehead atoms. The van der Waals surface area contributed by atoms with E-state index in [1.165, 1.54) is 11.8 Å². The average molecular weight is 469 g/mol. The first-order chi connectivity index (χ1) is 16.2. The molecule has 3 aromatic rings. The van der Waals surface area contributed by atoms with Crippen LogP contribution in [0.15, 0.2) is 59.8 Å². The van der Waals surface area contributed by atoms with Gasteiger partial charge in [-0.15, -0.1) is 10.2 Å². The molecule has 1 N–H and O–H groups in total. The van der Waals surface area contributed by atoms with Gasteiger partial charge in [0.05, 0.1) is 25.5 Å². The van der Waals surface area contributed by atoms with Crippen molar-refractivity contribution in [2.75, 3.05) is 26.0 Å². The molecule has 1 aliphatic heterocycles. The monoisotopic (exact) mass is 468 g/mol. The highest BCUT2D eigenvalue weighted by molar-refractivity contribution is 7.99. The van der Waals surface area contributed by atoms with Gasteiger partial charge in [-0.3, -0.25) is 9.36 Å². The molecule has 0 saturated carbocycles. The van der Waals surface area contributed by atoms with E-state index in [2.05, 4.69) is 27.6 Å². The number of hydrogen-bond donors (Lipinski definition) is 1. The summed E-state index contributed by atoms with van der Waals surface area (Å²) in [5.41, 5.74) is 1.12. The van der Waals surface area contributed by atoms with Crippen molar-refractivity contribution in [2.45, 2.75) is 37.3 Å². The fourth-order valence-electron chi connectivity index (χ4n) is 3.51. The first-order valence-corrected chi connectivity index (χ1v) is 11.9. The summed E-state index contributed by atoms with van der Waals surface area (Å²) in [5.74, 6) is 2.31. The molecular formula is C24H28N4O4S. The summed E-state index contributed by atoms with van der Waals surface area (Å²) in [5, 5.41) is 12.3. The van der Waals surface area contributed by atoms with Crippen LogP contribution in [-0.2, 0) is 22.7 Å². The SMILES string of the molecule is COc1cccc(OCc2nnc(SCC(=O)NCC3CCCO3)n2Cc2ccccc2)c1. The van der Waals surface area contributed by atoms with Crippen molar-refractivity contribution in [3.05, 3.63) is 66.0 Å². The maximum Gasteiger partial charge on any atom is 0.230 e. The van der Waals surface area contributed by atoms with Gasteiger partial charge < -0.3 is 19.5 Å². The number of rotatable bonds is 11. The summed E-state index contributed by atoms with van der Waals surface area (Å²) in [7, 11) is 1.62. The Kier molecular flexibility index (Phi) is 8.21. The number of ether oxygens (including phenoxy) is 3. The molecule has 1 aliphatic rings. The zero-order chi connectivity index (χ0) is 22.9. The van der Waals surface area contributed by atoms with Crippen molar-refractivity contribution < 1.29 is 19.0 Å². The van der Waals surface area contributed by atoms with Crippen LogP contribution in [0, 0.1) is 0 Å². The second-order valence-corrected chi connectivity index (χ2v) is 8.61. The number of carbonyl (C=O) groups is 1. The predicted molar refractivity (Wildman–Crippen MR) is 126 cm³/mol. The summed E-state index contributed by atoms with van der Waals surface area (Å²) in [4.78, 5) is 12.3. The summed E-state index contributed by atoms with van der Waals surface area (Å²) in [6.07, 6.45) is 2.18. The highest BCUT2D eigenvalue weighted by Gasteiger charge is 2.18. The van der Waals surface area contributed by atoms with Crippen LogP contribution in [0.4, 0.5) is 0 Å². The number of nitrogens with one attached hydrogen (secondary N) is 1. The van der Waals surface area contributed by atoms with Crippen LogP contribution in [0.1, 0.15) is 24.2 Å². The minimum atomic E-state index is -0.0426. The van der Waals surface area contributed by atoms with Crippen LogP contribution in [-0.4, -0.2) is 52.8 Å². The summed E-state index contributed by atoms with van der Waals surface area (Å²) >= 11 is 1.37. The number of thioether (sulfide) groups is 1. The largest absolute Gasteiger partial charge is 0.497 e. The van der Waals surface area contributed by atoms with Gasteiger partial charge in [0.2, 0.25) is 5.91 Å². The molecule has 8 nitrogen and oxygen atoms in total. The summed E-state index contributed by atoms with van der Waals surface area (Å²) in [6.45, 7) is 2.16. The highest BCUT2D eigenvalue weighted by atomic mass is 32.2. The van der Waals surface area contributed by atoms with Crippen LogP contribution in [0.2, 0.25) is 0 Å². The van der Waals surface area contributed by atoms with Gasteiger partial charge in [-0.05, 0) is 30.5 Å². The van der Waals surface area contributed by atoms with E-state index in [0.717, 1.165) is 30.8 Å². The van der Waals surface area contributed by atoms with Crippen LogP contribution in [0.5, 0.6) is 11.5 Å². The normalized spacial score (nSPS) is 15.4. The average Bonchev–Trinajstić information content (AvgIpc) is 3.51. The molecule has 4 rings (SSSR count). The van der Waals surface area contributed by atoms with Gasteiger partial charge >= 0.3 is 0 Å². The van der Waals surface area contributed by atoms with Crippen molar-refractivity contribution in [1.82, 2.24) is 20.1 Å². The van der Waals surface area contributed by atoms with Crippen LogP contribution in [0.25, 0.3) is 0 Å². The standard InChI is InChI=1S/C24H28N4O4S/c1-30-19-9-5-10-20(13-19)32-16-22-26-27-24(28(22)15-18-7-3-2-4-8-18)33-17-23(29)25-14-21-11-6-12-31-21/h2-5,7-10,13,21H,6,11-12,14-17H2,1H3,(H,25,29). The van der Waals surface area contributed by atoms with Gasteiger partial charge in [-0.25, -0.2) is 0 Å². The van der Waals surface area contributed by atoms with E-state index in [-0.39, 0.29) is 24.4 Å². The maximum absolute atomic E-state index is 12.3. The summed E-state index contributed by atoms with van der Waals surface area (Å²) < 4.78 is 18.8. The van der Waals surface area contributed by atoms with Crippen molar-refractivity contribution in [1.29, 1.82) is 0 Å². The van der Waals surface area contributed by atoms with Crippen molar-refractivity contribution in [3.8, 4) is 11.5 Å². The molecule has 1 saturated heterocycles. The fourth-order valence-corrected chi connectivity index (χ4v) is 4.30. The zero-order valence-electron chi connectivity index (χ0n) is 18.6. The molecule has 2 aromatic carbocycles. The third kappa shape index (κ3) is 6.72. The number of hydrogen-bond acceptors (Lipinski definition) is 7. The number of carbonyl (C=O) groups excluding carboxylic acids is 1. The molecule has 0 spiro atoms. The Morgan fingerprint density at radius 3 is 2.82 bits per heavy atom. The van der Waals surface area contributed by atoms with Crippen molar-refractivity contribution in [3.63, 3.8) is 0 Å². The molecule has 2 heterocycles. The van der Waals surface area contributed by atoms with Gasteiger partial charge in [0.1, 0.15) is 18.1 Å². The third-order valence-corrected chi connectivity index (χ3v) is 6.24. The Balaban J connectivity index is 1.41. The molecule has 1 atom stereocenters. The lowest BCUT2D eigenvalue weighted by atomic mass is 10.2. The highest BCUT2D eigenvalue weighted by Crippen LogP contribution is 2.22. The molecule has 1 amide bonds. The minimum absolute atomic E-state index is 0.0426. The molecule has 1 fully saturated rings. The second-order valence-electron chi connectivity index (χ2n) is 7.67. The fraction of sp³-hybridized carbons (Fsp3) is 0.375. The van der Waals surface area contributed by atoms with Crippen LogP contribution in [0.3, 0.4) is 0 Å². The lowest BCUT2D eigenvalue weighted by molar-refractivity contribution is -0.119. The van der Waals surface area contributed by atoms with Crippen LogP contribution < -0.4 is 14.8 Å². The molecule has 33 heavy (non-hydrogen) atoms. The molecule has 0 radical (unpaired) electrons. The lowest BCUT2D eigenvalue weighted by Gasteiger charge is -2.12. The molecule has 1 unspecified atom stereocenters. The number of methoxy groups -OCH3 is 1. The number of benzene rings is 2. The first-order valence-electron chi connectivity index (χ1n) is 10.9. The molecule has 0 aliphatic carbocycles. The smallest absolute Gasteiger partial charge is 0.230 e. The topological polar surface area (TPSA) is 87.5 Å². The van der Waals surface area contributed by atoms with Gasteiger partial charge in [-0.2, -0.15) is 0 Å². The van der Waals surface area contributed by atoms with E-state index < -0.39 is 0 Å². The Hall–Kier alpha value is -3.04. The molecule has 9 heteroatoms. The van der Waals surface area contributed by atoms with Crippen molar-refractivity contribution >= 4 is 17.7 Å². The summed E-state index contributed by atoms with van der Waals surface area (Å²) in [6, 6.07) is 17.5. The van der Waals surface area contributed by atoms with Crippen molar-refractivity contribution in [2.24, 2.45) is 0 Å². The predicted octanol–water partition coefficient (Wildman–Crippen LogP) is 3.30. The number of nitrogens with zero attached hydrogens (tertiary/aromatic N) is 3. The Bertz CT molecular complexity index is 1040. The number of amides is 1. The van der Waals surface area contributed by atoms with E-state index >= 15 is 0 Å².